The van der Waals surface area contributed by atoms with Crippen molar-refractivity contribution in [1.29, 1.82) is 0 Å². The predicted octanol–water partition coefficient (Wildman–Crippen LogP) is 0.486. The standard InChI is InChI=1S/C11H11FN4O3/c1-6(17)9(11(18)19)16-10(13-14-15-16)7-2-4-8(12)5-3-7/h2-6,9,17H,1H3,(H,18,19). The number of carboxylic acids is 1. The van der Waals surface area contributed by atoms with Gasteiger partial charge in [-0.1, -0.05) is 0 Å². The quantitative estimate of drug-likeness (QED) is 0.835. The topological polar surface area (TPSA) is 101 Å². The highest BCUT2D eigenvalue weighted by Crippen LogP contribution is 2.21. The number of aliphatic carboxylic acids is 1. The molecule has 8 heteroatoms. The van der Waals surface area contributed by atoms with Crippen molar-refractivity contribution in [3.05, 3.63) is 30.1 Å². The third kappa shape index (κ3) is 2.58. The molecule has 0 saturated heterocycles. The van der Waals surface area contributed by atoms with Gasteiger partial charge in [-0.25, -0.2) is 13.9 Å². The number of aromatic nitrogens is 4. The van der Waals surface area contributed by atoms with Crippen molar-refractivity contribution >= 4 is 5.97 Å². The molecule has 7 nitrogen and oxygen atoms in total. The molecule has 0 fully saturated rings. The van der Waals surface area contributed by atoms with E-state index in [1.165, 1.54) is 31.2 Å². The number of nitrogens with zero attached hydrogens (tertiary/aromatic N) is 4. The maximum absolute atomic E-state index is 12.9. The van der Waals surface area contributed by atoms with Crippen molar-refractivity contribution in [2.24, 2.45) is 0 Å². The average molecular weight is 266 g/mol. The van der Waals surface area contributed by atoms with Crippen LogP contribution < -0.4 is 0 Å². The fourth-order valence-electron chi connectivity index (χ4n) is 1.69. The van der Waals surface area contributed by atoms with E-state index in [1.807, 2.05) is 0 Å². The van der Waals surface area contributed by atoms with Gasteiger partial charge in [0.15, 0.2) is 11.9 Å². The summed E-state index contributed by atoms with van der Waals surface area (Å²) < 4.78 is 13.9. The van der Waals surface area contributed by atoms with E-state index in [2.05, 4.69) is 15.5 Å². The number of halogens is 1. The minimum atomic E-state index is -1.31. The molecule has 0 amide bonds. The molecule has 0 aliphatic carbocycles. The Labute approximate surface area is 107 Å². The Morgan fingerprint density at radius 1 is 1.37 bits per heavy atom. The van der Waals surface area contributed by atoms with Crippen molar-refractivity contribution in [3.63, 3.8) is 0 Å². The zero-order valence-electron chi connectivity index (χ0n) is 9.93. The van der Waals surface area contributed by atoms with Crippen LogP contribution in [-0.2, 0) is 4.79 Å². The Kier molecular flexibility index (Phi) is 3.52. The SMILES string of the molecule is CC(O)C(C(=O)O)n1nnnc1-c1ccc(F)cc1. The van der Waals surface area contributed by atoms with Gasteiger partial charge in [0.25, 0.3) is 0 Å². The minimum absolute atomic E-state index is 0.147. The molecule has 1 aromatic carbocycles. The summed E-state index contributed by atoms with van der Waals surface area (Å²) in [6.07, 6.45) is -1.18. The molecule has 2 aromatic rings. The molecule has 0 spiro atoms. The van der Waals surface area contributed by atoms with Crippen LogP contribution in [0.2, 0.25) is 0 Å². The Bertz CT molecular complexity index is 582. The second-order valence-corrected chi connectivity index (χ2v) is 3.98. The second kappa shape index (κ2) is 5.11. The molecule has 0 bridgehead atoms. The van der Waals surface area contributed by atoms with Gasteiger partial charge in [0.05, 0.1) is 6.10 Å². The van der Waals surface area contributed by atoms with Crippen LogP contribution in [0, 0.1) is 5.82 Å². The lowest BCUT2D eigenvalue weighted by molar-refractivity contribution is -0.144. The normalized spacial score (nSPS) is 14.1. The van der Waals surface area contributed by atoms with E-state index in [4.69, 9.17) is 5.11 Å². The fourth-order valence-corrected chi connectivity index (χ4v) is 1.69. The molecule has 1 heterocycles. The molecule has 0 saturated carbocycles. The van der Waals surface area contributed by atoms with Gasteiger partial charge in [0.2, 0.25) is 0 Å². The third-order valence-corrected chi connectivity index (χ3v) is 2.57. The Hall–Kier alpha value is -2.35. The van der Waals surface area contributed by atoms with Crippen LogP contribution in [0.5, 0.6) is 0 Å². The number of carboxylic acid groups (broad SMARTS) is 1. The number of aliphatic hydroxyl groups excluding tert-OH is 1. The fraction of sp³-hybridized carbons (Fsp3) is 0.273. The number of hydrogen-bond acceptors (Lipinski definition) is 5. The van der Waals surface area contributed by atoms with E-state index in [0.29, 0.717) is 5.56 Å². The monoisotopic (exact) mass is 266 g/mol. The van der Waals surface area contributed by atoms with Crippen LogP contribution in [0.1, 0.15) is 13.0 Å². The molecule has 0 radical (unpaired) electrons. The first kappa shape index (κ1) is 13.1. The number of rotatable bonds is 4. The molecule has 2 unspecified atom stereocenters. The number of aliphatic hydroxyl groups is 1. The zero-order valence-corrected chi connectivity index (χ0v) is 9.93. The maximum Gasteiger partial charge on any atom is 0.331 e. The lowest BCUT2D eigenvalue weighted by Crippen LogP contribution is -2.30. The highest BCUT2D eigenvalue weighted by atomic mass is 19.1. The van der Waals surface area contributed by atoms with E-state index in [9.17, 15) is 14.3 Å². The summed E-state index contributed by atoms with van der Waals surface area (Å²) in [4.78, 5) is 11.1. The number of carbonyl (C=O) groups is 1. The largest absolute Gasteiger partial charge is 0.480 e. The lowest BCUT2D eigenvalue weighted by atomic mass is 10.1. The molecular weight excluding hydrogens is 255 g/mol. The third-order valence-electron chi connectivity index (χ3n) is 2.57. The highest BCUT2D eigenvalue weighted by molar-refractivity contribution is 5.73. The summed E-state index contributed by atoms with van der Waals surface area (Å²) in [5, 5.41) is 29.3. The summed E-state index contributed by atoms with van der Waals surface area (Å²) in [5.74, 6) is -1.54. The van der Waals surface area contributed by atoms with Gasteiger partial charge < -0.3 is 10.2 Å². The van der Waals surface area contributed by atoms with Crippen LogP contribution in [0.15, 0.2) is 24.3 Å². The smallest absolute Gasteiger partial charge is 0.331 e. The van der Waals surface area contributed by atoms with Crippen LogP contribution in [0.3, 0.4) is 0 Å². The van der Waals surface area contributed by atoms with Crippen molar-refractivity contribution in [2.45, 2.75) is 19.1 Å². The van der Waals surface area contributed by atoms with Crippen LogP contribution in [0.25, 0.3) is 11.4 Å². The Morgan fingerprint density at radius 2 is 2.00 bits per heavy atom. The van der Waals surface area contributed by atoms with E-state index >= 15 is 0 Å². The van der Waals surface area contributed by atoms with E-state index in [-0.39, 0.29) is 5.82 Å². The molecule has 0 aliphatic rings. The molecule has 100 valence electrons. The first-order chi connectivity index (χ1) is 9.00. The van der Waals surface area contributed by atoms with Gasteiger partial charge in [0, 0.05) is 5.56 Å². The van der Waals surface area contributed by atoms with Gasteiger partial charge in [-0.05, 0) is 41.6 Å². The molecular formula is C11H11FN4O3. The van der Waals surface area contributed by atoms with E-state index < -0.39 is 23.9 Å². The Morgan fingerprint density at radius 3 is 2.53 bits per heavy atom. The van der Waals surface area contributed by atoms with Gasteiger partial charge in [-0.3, -0.25) is 0 Å². The predicted molar refractivity (Wildman–Crippen MR) is 61.6 cm³/mol. The van der Waals surface area contributed by atoms with Gasteiger partial charge in [-0.15, -0.1) is 5.10 Å². The van der Waals surface area contributed by atoms with Crippen LogP contribution >= 0.6 is 0 Å². The molecule has 1 aromatic heterocycles. The maximum atomic E-state index is 12.9. The number of benzene rings is 1. The van der Waals surface area contributed by atoms with Crippen LogP contribution in [-0.4, -0.2) is 42.5 Å². The van der Waals surface area contributed by atoms with Gasteiger partial charge >= 0.3 is 5.97 Å². The molecule has 19 heavy (non-hydrogen) atoms. The molecule has 2 atom stereocenters. The van der Waals surface area contributed by atoms with Gasteiger partial charge in [-0.2, -0.15) is 0 Å². The Balaban J connectivity index is 2.47. The first-order valence-electron chi connectivity index (χ1n) is 5.45. The van der Waals surface area contributed by atoms with Crippen molar-refractivity contribution < 1.29 is 19.4 Å². The van der Waals surface area contributed by atoms with Crippen molar-refractivity contribution in [2.75, 3.05) is 0 Å². The summed E-state index contributed by atoms with van der Waals surface area (Å²) in [7, 11) is 0. The van der Waals surface area contributed by atoms with Crippen LogP contribution in [0.4, 0.5) is 4.39 Å². The lowest BCUT2D eigenvalue weighted by Gasteiger charge is -2.16. The summed E-state index contributed by atoms with van der Waals surface area (Å²) in [6, 6.07) is 3.98. The number of tetrazole rings is 1. The van der Waals surface area contributed by atoms with Gasteiger partial charge in [0.1, 0.15) is 5.82 Å². The summed E-state index contributed by atoms with van der Waals surface area (Å²) >= 11 is 0. The minimum Gasteiger partial charge on any atom is -0.480 e. The average Bonchev–Trinajstić information content (AvgIpc) is 2.78. The number of hydrogen-bond donors (Lipinski definition) is 2. The second-order valence-electron chi connectivity index (χ2n) is 3.98. The van der Waals surface area contributed by atoms with E-state index in [0.717, 1.165) is 4.68 Å². The zero-order chi connectivity index (χ0) is 14.0. The molecule has 2 rings (SSSR count). The van der Waals surface area contributed by atoms with E-state index in [1.54, 1.807) is 0 Å². The van der Waals surface area contributed by atoms with Crippen molar-refractivity contribution in [1.82, 2.24) is 20.2 Å². The first-order valence-corrected chi connectivity index (χ1v) is 5.45. The van der Waals surface area contributed by atoms with Crippen molar-refractivity contribution in [3.8, 4) is 11.4 Å². The highest BCUT2D eigenvalue weighted by Gasteiger charge is 2.29. The molecule has 2 N–H and O–H groups in total. The summed E-state index contributed by atoms with van der Waals surface area (Å²) in [6.45, 7) is 1.33. The molecule has 0 aliphatic heterocycles. The summed E-state index contributed by atoms with van der Waals surface area (Å²) in [5.41, 5.74) is 0.457.